The van der Waals surface area contributed by atoms with Crippen LogP contribution in [0.1, 0.15) is 24.7 Å². The first-order valence-corrected chi connectivity index (χ1v) is 9.29. The van der Waals surface area contributed by atoms with Crippen LogP contribution in [-0.2, 0) is 13.1 Å². The number of benzene rings is 1. The molecule has 0 atom stereocenters. The summed E-state index contributed by atoms with van der Waals surface area (Å²) >= 11 is 1.55. The third-order valence-electron chi connectivity index (χ3n) is 4.31. The van der Waals surface area contributed by atoms with Crippen LogP contribution < -0.4 is 5.56 Å². The Morgan fingerprint density at radius 2 is 2.00 bits per heavy atom. The van der Waals surface area contributed by atoms with Crippen LogP contribution in [0.15, 0.2) is 41.5 Å². The molecule has 0 spiro atoms. The highest BCUT2D eigenvalue weighted by Gasteiger charge is 2.16. The van der Waals surface area contributed by atoms with E-state index in [9.17, 15) is 4.79 Å². The van der Waals surface area contributed by atoms with Crippen molar-refractivity contribution in [1.82, 2.24) is 29.8 Å². The molecule has 0 unspecified atom stereocenters. The molecule has 3 heterocycles. The van der Waals surface area contributed by atoms with E-state index in [4.69, 9.17) is 0 Å². The zero-order chi connectivity index (χ0) is 18.1. The van der Waals surface area contributed by atoms with Crippen molar-refractivity contribution in [3.63, 3.8) is 0 Å². The summed E-state index contributed by atoms with van der Waals surface area (Å²) < 4.78 is 3.31. The Morgan fingerprint density at radius 1 is 1.19 bits per heavy atom. The van der Waals surface area contributed by atoms with Gasteiger partial charge in [0, 0.05) is 11.4 Å². The molecule has 1 aromatic carbocycles. The zero-order valence-corrected chi connectivity index (χ0v) is 15.4. The van der Waals surface area contributed by atoms with E-state index in [1.807, 2.05) is 25.1 Å². The largest absolute Gasteiger partial charge is 0.291 e. The van der Waals surface area contributed by atoms with Crippen molar-refractivity contribution in [2.75, 3.05) is 0 Å². The van der Waals surface area contributed by atoms with Gasteiger partial charge in [0.05, 0.1) is 18.3 Å². The van der Waals surface area contributed by atoms with Crippen LogP contribution in [0, 0.1) is 6.92 Å². The molecule has 0 aliphatic heterocycles. The first-order valence-electron chi connectivity index (χ1n) is 8.48. The molecular formula is C18H18N6OS. The van der Waals surface area contributed by atoms with Crippen molar-refractivity contribution in [3.8, 4) is 10.4 Å². The molecule has 132 valence electrons. The molecule has 0 N–H and O–H groups in total. The summed E-state index contributed by atoms with van der Waals surface area (Å²) in [5.74, 6) is 0.659. The van der Waals surface area contributed by atoms with Gasteiger partial charge in [-0.1, -0.05) is 37.3 Å². The first-order chi connectivity index (χ1) is 12.7. The Morgan fingerprint density at radius 3 is 2.77 bits per heavy atom. The Labute approximate surface area is 153 Å². The zero-order valence-electron chi connectivity index (χ0n) is 14.6. The van der Waals surface area contributed by atoms with Gasteiger partial charge in [0.25, 0.3) is 5.56 Å². The lowest BCUT2D eigenvalue weighted by Crippen LogP contribution is -2.23. The monoisotopic (exact) mass is 366 g/mol. The molecular weight excluding hydrogens is 348 g/mol. The van der Waals surface area contributed by atoms with Crippen LogP contribution in [0.4, 0.5) is 0 Å². The molecule has 3 aromatic heterocycles. The van der Waals surface area contributed by atoms with Gasteiger partial charge in [0.1, 0.15) is 4.83 Å². The highest BCUT2D eigenvalue weighted by atomic mass is 32.1. The van der Waals surface area contributed by atoms with Crippen LogP contribution in [0.2, 0.25) is 0 Å². The molecule has 0 aliphatic carbocycles. The van der Waals surface area contributed by atoms with Crippen LogP contribution in [0.25, 0.3) is 20.7 Å². The number of nitrogens with zero attached hydrogens (tertiary/aromatic N) is 6. The molecule has 0 bridgehead atoms. The van der Waals surface area contributed by atoms with Gasteiger partial charge in [-0.15, -0.1) is 16.4 Å². The third kappa shape index (κ3) is 2.82. The van der Waals surface area contributed by atoms with Gasteiger partial charge >= 0.3 is 0 Å². The fourth-order valence-electron chi connectivity index (χ4n) is 3.01. The van der Waals surface area contributed by atoms with Gasteiger partial charge in [-0.3, -0.25) is 9.36 Å². The fraction of sp³-hybridized carbons (Fsp3) is 0.278. The van der Waals surface area contributed by atoms with E-state index >= 15 is 0 Å². The van der Waals surface area contributed by atoms with E-state index in [0.717, 1.165) is 33.8 Å². The van der Waals surface area contributed by atoms with Crippen LogP contribution >= 0.6 is 11.3 Å². The minimum atomic E-state index is -0.0584. The normalized spacial score (nSPS) is 11.3. The summed E-state index contributed by atoms with van der Waals surface area (Å²) in [6.07, 6.45) is 2.51. The third-order valence-corrected chi connectivity index (χ3v) is 5.56. The van der Waals surface area contributed by atoms with Crippen molar-refractivity contribution in [3.05, 3.63) is 58.4 Å². The topological polar surface area (TPSA) is 78.5 Å². The Balaban J connectivity index is 1.79. The molecule has 0 fully saturated rings. The van der Waals surface area contributed by atoms with Gasteiger partial charge in [-0.05, 0) is 34.9 Å². The smallest absolute Gasteiger partial charge is 0.262 e. The average Bonchev–Trinajstić information content (AvgIpc) is 3.23. The van der Waals surface area contributed by atoms with Gasteiger partial charge in [0.15, 0.2) is 5.82 Å². The van der Waals surface area contributed by atoms with Crippen molar-refractivity contribution < 1.29 is 0 Å². The van der Waals surface area contributed by atoms with E-state index < -0.39 is 0 Å². The molecule has 0 saturated carbocycles. The summed E-state index contributed by atoms with van der Waals surface area (Å²) in [6, 6.07) is 10.1. The Hall–Kier alpha value is -2.87. The second-order valence-electron chi connectivity index (χ2n) is 6.10. The molecule has 7 nitrogen and oxygen atoms in total. The quantitative estimate of drug-likeness (QED) is 0.543. The van der Waals surface area contributed by atoms with E-state index in [1.165, 1.54) is 0 Å². The lowest BCUT2D eigenvalue weighted by molar-refractivity contribution is 0.540. The standard InChI is InChI=1S/C18H18N6OS/c1-3-9-24-14(20-21-22-24)10-23-11-19-17-15(18(23)25)12(2)16(26-17)13-7-5-4-6-8-13/h4-8,11H,3,9-10H2,1-2H3. The molecule has 0 amide bonds. The molecule has 0 aliphatic rings. The number of thiophene rings is 1. The highest BCUT2D eigenvalue weighted by Crippen LogP contribution is 2.35. The fourth-order valence-corrected chi connectivity index (χ4v) is 4.16. The van der Waals surface area contributed by atoms with E-state index in [2.05, 4.69) is 39.6 Å². The second kappa shape index (κ2) is 6.80. The second-order valence-corrected chi connectivity index (χ2v) is 7.10. The molecule has 26 heavy (non-hydrogen) atoms. The molecule has 0 radical (unpaired) electrons. The van der Waals surface area contributed by atoms with Gasteiger partial charge in [-0.2, -0.15) is 0 Å². The van der Waals surface area contributed by atoms with Crippen LogP contribution in [-0.4, -0.2) is 29.8 Å². The number of aryl methyl sites for hydroxylation is 2. The van der Waals surface area contributed by atoms with Crippen molar-refractivity contribution >= 4 is 21.6 Å². The van der Waals surface area contributed by atoms with Gasteiger partial charge in [-0.25, -0.2) is 9.67 Å². The predicted octanol–water partition coefficient (Wildman–Crippen LogP) is 2.88. The lowest BCUT2D eigenvalue weighted by Gasteiger charge is -2.06. The van der Waals surface area contributed by atoms with Crippen LogP contribution in [0.5, 0.6) is 0 Å². The summed E-state index contributed by atoms with van der Waals surface area (Å²) in [4.78, 5) is 19.4. The summed E-state index contributed by atoms with van der Waals surface area (Å²) in [6.45, 7) is 5.08. The predicted molar refractivity (Wildman–Crippen MR) is 101 cm³/mol. The SMILES string of the molecule is CCCn1nnnc1Cn1cnc2sc(-c3ccccc3)c(C)c2c1=O. The number of rotatable bonds is 5. The number of hydrogen-bond donors (Lipinski definition) is 0. The maximum absolute atomic E-state index is 13.0. The van der Waals surface area contributed by atoms with Crippen molar-refractivity contribution in [1.29, 1.82) is 0 Å². The first kappa shape index (κ1) is 16.6. The maximum atomic E-state index is 13.0. The van der Waals surface area contributed by atoms with E-state index in [0.29, 0.717) is 17.8 Å². The molecule has 4 rings (SSSR count). The number of fused-ring (bicyclic) bond motifs is 1. The van der Waals surface area contributed by atoms with Crippen LogP contribution in [0.3, 0.4) is 0 Å². The number of aromatic nitrogens is 6. The lowest BCUT2D eigenvalue weighted by atomic mass is 10.1. The minimum absolute atomic E-state index is 0.0584. The number of tetrazole rings is 1. The highest BCUT2D eigenvalue weighted by molar-refractivity contribution is 7.22. The van der Waals surface area contributed by atoms with Crippen molar-refractivity contribution in [2.45, 2.75) is 33.4 Å². The summed E-state index contributed by atoms with van der Waals surface area (Å²) in [5, 5.41) is 12.4. The Bertz CT molecular complexity index is 1110. The van der Waals surface area contributed by atoms with Crippen molar-refractivity contribution in [2.24, 2.45) is 0 Å². The average molecular weight is 366 g/mol. The number of hydrogen-bond acceptors (Lipinski definition) is 6. The summed E-state index contributed by atoms with van der Waals surface area (Å²) in [5.41, 5.74) is 2.01. The van der Waals surface area contributed by atoms with E-state index in [1.54, 1.807) is 26.9 Å². The molecule has 0 saturated heterocycles. The van der Waals surface area contributed by atoms with Gasteiger partial charge < -0.3 is 0 Å². The molecule has 4 aromatic rings. The minimum Gasteiger partial charge on any atom is -0.291 e. The van der Waals surface area contributed by atoms with E-state index in [-0.39, 0.29) is 5.56 Å². The Kier molecular flexibility index (Phi) is 4.34. The summed E-state index contributed by atoms with van der Waals surface area (Å²) in [7, 11) is 0. The van der Waals surface area contributed by atoms with Gasteiger partial charge in [0.2, 0.25) is 0 Å². The maximum Gasteiger partial charge on any atom is 0.262 e. The molecule has 8 heteroatoms.